The number of hydrogen-bond donors (Lipinski definition) is 2. The maximum atomic E-state index is 12.1. The van der Waals surface area contributed by atoms with E-state index in [9.17, 15) is 4.79 Å². The van der Waals surface area contributed by atoms with Crippen molar-refractivity contribution in [1.82, 2.24) is 10.3 Å². The fourth-order valence-corrected chi connectivity index (χ4v) is 1.82. The summed E-state index contributed by atoms with van der Waals surface area (Å²) < 4.78 is 5.09. The van der Waals surface area contributed by atoms with Crippen molar-refractivity contribution in [2.75, 3.05) is 12.8 Å². The minimum atomic E-state index is -0.246. The third kappa shape index (κ3) is 3.26. The van der Waals surface area contributed by atoms with E-state index in [2.05, 4.69) is 10.3 Å². The van der Waals surface area contributed by atoms with Crippen molar-refractivity contribution in [1.29, 1.82) is 0 Å². The van der Waals surface area contributed by atoms with E-state index in [4.69, 9.17) is 10.5 Å². The number of benzene rings is 1. The molecule has 0 atom stereocenters. The number of nitrogen functional groups attached to an aromatic ring is 1. The molecular weight excluding hydrogens is 254 g/mol. The maximum Gasteiger partial charge on any atom is 0.253 e. The number of nitrogens with zero attached hydrogens (tertiary/aromatic N) is 1. The highest BCUT2D eigenvalue weighted by molar-refractivity contribution is 5.99. The molecule has 1 aromatic carbocycles. The molecule has 2 rings (SSSR count). The predicted molar refractivity (Wildman–Crippen MR) is 77.6 cm³/mol. The van der Waals surface area contributed by atoms with Crippen molar-refractivity contribution < 1.29 is 9.53 Å². The zero-order valence-electron chi connectivity index (χ0n) is 11.5. The highest BCUT2D eigenvalue weighted by Gasteiger charge is 2.11. The van der Waals surface area contributed by atoms with Crippen molar-refractivity contribution in [3.63, 3.8) is 0 Å². The monoisotopic (exact) mass is 271 g/mol. The van der Waals surface area contributed by atoms with Gasteiger partial charge >= 0.3 is 0 Å². The topological polar surface area (TPSA) is 77.2 Å². The maximum absolute atomic E-state index is 12.1. The molecule has 1 heterocycles. The Kier molecular flexibility index (Phi) is 4.20. The number of rotatable bonds is 4. The first-order valence-corrected chi connectivity index (χ1v) is 6.24. The Morgan fingerprint density at radius 3 is 2.85 bits per heavy atom. The van der Waals surface area contributed by atoms with Crippen molar-refractivity contribution >= 4 is 11.6 Å². The van der Waals surface area contributed by atoms with Crippen LogP contribution in [0, 0.1) is 6.92 Å². The van der Waals surface area contributed by atoms with Gasteiger partial charge in [0.15, 0.2) is 0 Å². The van der Waals surface area contributed by atoms with Crippen LogP contribution in [0.25, 0.3) is 0 Å². The number of nitrogens with one attached hydrogen (secondary N) is 1. The molecule has 20 heavy (non-hydrogen) atoms. The number of pyridine rings is 1. The molecule has 3 N–H and O–H groups in total. The van der Waals surface area contributed by atoms with Gasteiger partial charge in [0.25, 0.3) is 5.91 Å². The summed E-state index contributed by atoms with van der Waals surface area (Å²) in [6.07, 6.45) is 0. The lowest BCUT2D eigenvalue weighted by Crippen LogP contribution is -2.24. The average Bonchev–Trinajstić information content (AvgIpc) is 2.45. The normalized spacial score (nSPS) is 10.1. The van der Waals surface area contributed by atoms with Crippen LogP contribution in [0.2, 0.25) is 0 Å². The Morgan fingerprint density at radius 2 is 2.15 bits per heavy atom. The lowest BCUT2D eigenvalue weighted by molar-refractivity contribution is 0.0951. The Balaban J connectivity index is 2.08. The molecule has 1 aromatic heterocycles. The number of anilines is 1. The van der Waals surface area contributed by atoms with Crippen LogP contribution in [0.5, 0.6) is 5.75 Å². The standard InChI is InChI=1S/C15H17N3O2/c1-10-4-3-5-11(18-10)9-17-15(19)13-8-12(20-2)6-7-14(13)16/h3-8H,9,16H2,1-2H3,(H,17,19). The van der Waals surface area contributed by atoms with Gasteiger partial charge in [-0.05, 0) is 37.3 Å². The van der Waals surface area contributed by atoms with Gasteiger partial charge in [-0.3, -0.25) is 9.78 Å². The van der Waals surface area contributed by atoms with Crippen LogP contribution in [0.4, 0.5) is 5.69 Å². The van der Waals surface area contributed by atoms with E-state index in [1.54, 1.807) is 25.3 Å². The number of nitrogens with two attached hydrogens (primary N) is 1. The number of aryl methyl sites for hydroxylation is 1. The zero-order valence-corrected chi connectivity index (χ0v) is 11.5. The van der Waals surface area contributed by atoms with Crippen LogP contribution < -0.4 is 15.8 Å². The minimum absolute atomic E-state index is 0.246. The molecule has 0 bridgehead atoms. The quantitative estimate of drug-likeness (QED) is 0.833. The van der Waals surface area contributed by atoms with Gasteiger partial charge in [-0.1, -0.05) is 6.07 Å². The summed E-state index contributed by atoms with van der Waals surface area (Å²) in [6, 6.07) is 10.7. The summed E-state index contributed by atoms with van der Waals surface area (Å²) in [5.41, 5.74) is 8.34. The van der Waals surface area contributed by atoms with Gasteiger partial charge in [-0.2, -0.15) is 0 Å². The minimum Gasteiger partial charge on any atom is -0.497 e. The first kappa shape index (κ1) is 13.9. The summed E-state index contributed by atoms with van der Waals surface area (Å²) >= 11 is 0. The predicted octanol–water partition coefficient (Wildman–Crippen LogP) is 1.91. The number of amides is 1. The number of hydrogen-bond acceptors (Lipinski definition) is 4. The SMILES string of the molecule is COc1ccc(N)c(C(=O)NCc2cccc(C)n2)c1. The molecule has 0 saturated heterocycles. The number of aromatic nitrogens is 1. The lowest BCUT2D eigenvalue weighted by atomic mass is 10.1. The average molecular weight is 271 g/mol. The van der Waals surface area contributed by atoms with Crippen LogP contribution in [0.3, 0.4) is 0 Å². The number of ether oxygens (including phenoxy) is 1. The summed E-state index contributed by atoms with van der Waals surface area (Å²) in [4.78, 5) is 16.4. The second kappa shape index (κ2) is 6.06. The molecule has 5 heteroatoms. The number of carbonyl (C=O) groups excluding carboxylic acids is 1. The van der Waals surface area contributed by atoms with Crippen LogP contribution >= 0.6 is 0 Å². The molecule has 2 aromatic rings. The summed E-state index contributed by atoms with van der Waals surface area (Å²) in [7, 11) is 1.55. The van der Waals surface area contributed by atoms with Crippen LogP contribution in [-0.2, 0) is 6.54 Å². The molecule has 1 amide bonds. The molecule has 104 valence electrons. The van der Waals surface area contributed by atoms with Gasteiger partial charge in [0.05, 0.1) is 24.9 Å². The Hall–Kier alpha value is -2.56. The number of carbonyl (C=O) groups is 1. The first-order chi connectivity index (χ1) is 9.60. The molecule has 0 aliphatic rings. The summed E-state index contributed by atoms with van der Waals surface area (Å²) in [5.74, 6) is 0.350. The van der Waals surface area contributed by atoms with E-state index in [1.165, 1.54) is 0 Å². The molecule has 0 aliphatic carbocycles. The Bertz CT molecular complexity index is 626. The Labute approximate surface area is 117 Å². The van der Waals surface area contributed by atoms with Gasteiger partial charge in [0, 0.05) is 11.4 Å². The van der Waals surface area contributed by atoms with Gasteiger partial charge in [-0.15, -0.1) is 0 Å². The fraction of sp³-hybridized carbons (Fsp3) is 0.200. The van der Waals surface area contributed by atoms with Crippen molar-refractivity contribution in [3.8, 4) is 5.75 Å². The van der Waals surface area contributed by atoms with Crippen LogP contribution in [0.15, 0.2) is 36.4 Å². The summed E-state index contributed by atoms with van der Waals surface area (Å²) in [5, 5.41) is 2.80. The highest BCUT2D eigenvalue weighted by Crippen LogP contribution is 2.19. The van der Waals surface area contributed by atoms with E-state index in [-0.39, 0.29) is 5.91 Å². The molecule has 0 spiro atoms. The zero-order chi connectivity index (χ0) is 14.5. The smallest absolute Gasteiger partial charge is 0.253 e. The molecule has 0 aliphatic heterocycles. The van der Waals surface area contributed by atoms with Crippen LogP contribution in [0.1, 0.15) is 21.7 Å². The first-order valence-electron chi connectivity index (χ1n) is 6.24. The Morgan fingerprint density at radius 1 is 1.35 bits per heavy atom. The van der Waals surface area contributed by atoms with E-state index in [1.807, 2.05) is 25.1 Å². The van der Waals surface area contributed by atoms with Gasteiger partial charge in [0.2, 0.25) is 0 Å². The molecular formula is C15H17N3O2. The van der Waals surface area contributed by atoms with Crippen molar-refractivity contribution in [2.45, 2.75) is 13.5 Å². The number of methoxy groups -OCH3 is 1. The third-order valence-electron chi connectivity index (χ3n) is 2.88. The molecule has 0 radical (unpaired) electrons. The lowest BCUT2D eigenvalue weighted by Gasteiger charge is -2.09. The van der Waals surface area contributed by atoms with E-state index in [0.29, 0.717) is 23.5 Å². The van der Waals surface area contributed by atoms with Crippen molar-refractivity contribution in [3.05, 3.63) is 53.3 Å². The highest BCUT2D eigenvalue weighted by atomic mass is 16.5. The van der Waals surface area contributed by atoms with Crippen molar-refractivity contribution in [2.24, 2.45) is 0 Å². The largest absolute Gasteiger partial charge is 0.497 e. The van der Waals surface area contributed by atoms with E-state index < -0.39 is 0 Å². The van der Waals surface area contributed by atoms with E-state index >= 15 is 0 Å². The van der Waals surface area contributed by atoms with Crippen LogP contribution in [-0.4, -0.2) is 18.0 Å². The summed E-state index contributed by atoms with van der Waals surface area (Å²) in [6.45, 7) is 2.27. The second-order valence-corrected chi connectivity index (χ2v) is 4.41. The molecule has 0 unspecified atom stereocenters. The van der Waals surface area contributed by atoms with Gasteiger partial charge < -0.3 is 15.8 Å². The fourth-order valence-electron chi connectivity index (χ4n) is 1.82. The van der Waals surface area contributed by atoms with Gasteiger partial charge in [-0.25, -0.2) is 0 Å². The van der Waals surface area contributed by atoms with Gasteiger partial charge in [0.1, 0.15) is 5.75 Å². The third-order valence-corrected chi connectivity index (χ3v) is 2.88. The molecule has 0 saturated carbocycles. The molecule has 0 fully saturated rings. The van der Waals surface area contributed by atoms with E-state index in [0.717, 1.165) is 11.4 Å². The second-order valence-electron chi connectivity index (χ2n) is 4.41. The molecule has 5 nitrogen and oxygen atoms in total.